The molecule has 0 fully saturated rings. The smallest absolute Gasteiger partial charge is 0.252 e. The van der Waals surface area contributed by atoms with Crippen molar-refractivity contribution in [2.75, 3.05) is 9.80 Å². The van der Waals surface area contributed by atoms with E-state index in [0.717, 1.165) is 22.7 Å². The van der Waals surface area contributed by atoms with Gasteiger partial charge in [-0.25, -0.2) is 0 Å². The molecular formula is C30H21BN2. The highest BCUT2D eigenvalue weighted by molar-refractivity contribution is 7.00. The lowest BCUT2D eigenvalue weighted by atomic mass is 9.33. The molecule has 0 saturated carbocycles. The lowest BCUT2D eigenvalue weighted by molar-refractivity contribution is 1.25. The van der Waals surface area contributed by atoms with Gasteiger partial charge in [-0.3, -0.25) is 0 Å². The minimum Gasteiger partial charge on any atom is -0.311 e. The first kappa shape index (κ1) is 17.3. The minimum atomic E-state index is 0.109. The van der Waals surface area contributed by atoms with E-state index in [9.17, 15) is 0 Å². The van der Waals surface area contributed by atoms with Crippen LogP contribution in [0.4, 0.5) is 34.1 Å². The highest BCUT2D eigenvalue weighted by Crippen LogP contribution is 2.43. The Kier molecular flexibility index (Phi) is 3.75. The van der Waals surface area contributed by atoms with Gasteiger partial charge in [-0.05, 0) is 64.9 Å². The predicted molar refractivity (Wildman–Crippen MR) is 140 cm³/mol. The lowest BCUT2D eigenvalue weighted by Crippen LogP contribution is -2.61. The molecule has 33 heavy (non-hydrogen) atoms. The van der Waals surface area contributed by atoms with Gasteiger partial charge in [0.25, 0.3) is 6.71 Å². The van der Waals surface area contributed by atoms with E-state index in [2.05, 4.69) is 107 Å². The van der Waals surface area contributed by atoms with Gasteiger partial charge in [-0.2, -0.15) is 0 Å². The van der Waals surface area contributed by atoms with Crippen LogP contribution in [0.2, 0.25) is 0 Å². The van der Waals surface area contributed by atoms with Gasteiger partial charge in [0.05, 0.1) is 1.37 Å². The van der Waals surface area contributed by atoms with Crippen LogP contribution in [0.15, 0.2) is 127 Å². The van der Waals surface area contributed by atoms with Gasteiger partial charge >= 0.3 is 0 Å². The molecule has 0 bridgehead atoms. The summed E-state index contributed by atoms with van der Waals surface area (Å²) in [6, 6.07) is 42.9. The normalized spacial score (nSPS) is 13.7. The molecule has 0 spiro atoms. The molecule has 0 N–H and O–H groups in total. The van der Waals surface area contributed by atoms with Crippen molar-refractivity contribution < 1.29 is 1.37 Å². The molecule has 2 nitrogen and oxygen atoms in total. The number of fused-ring (bicyclic) bond motifs is 4. The predicted octanol–water partition coefficient (Wildman–Crippen LogP) is 5.77. The maximum Gasteiger partial charge on any atom is 0.252 e. The Balaban J connectivity index is 1.60. The lowest BCUT2D eigenvalue weighted by Gasteiger charge is -2.44. The molecule has 0 amide bonds. The molecule has 0 atom stereocenters. The van der Waals surface area contributed by atoms with Crippen LogP contribution >= 0.6 is 0 Å². The van der Waals surface area contributed by atoms with Gasteiger partial charge in [0.2, 0.25) is 0 Å². The maximum atomic E-state index is 8.79. The summed E-state index contributed by atoms with van der Waals surface area (Å²) in [5.41, 5.74) is 10.5. The van der Waals surface area contributed by atoms with E-state index >= 15 is 0 Å². The zero-order valence-corrected chi connectivity index (χ0v) is 18.0. The minimum absolute atomic E-state index is 0.109. The fourth-order valence-electron chi connectivity index (χ4n) is 5.47. The zero-order valence-electron chi connectivity index (χ0n) is 19.0. The van der Waals surface area contributed by atoms with Crippen molar-refractivity contribution >= 4 is 57.2 Å². The van der Waals surface area contributed by atoms with Crippen molar-refractivity contribution in [3.63, 3.8) is 0 Å². The van der Waals surface area contributed by atoms with Crippen LogP contribution < -0.4 is 26.2 Å². The fraction of sp³-hybridized carbons (Fsp3) is 0. The Labute approximate surface area is 195 Å². The number of nitrogens with zero attached hydrogens (tertiary/aromatic N) is 2. The van der Waals surface area contributed by atoms with Crippen molar-refractivity contribution in [1.82, 2.24) is 0 Å². The summed E-state index contributed by atoms with van der Waals surface area (Å²) in [6.45, 7) is 0.109. The first-order valence-electron chi connectivity index (χ1n) is 11.8. The second-order valence-electron chi connectivity index (χ2n) is 8.53. The molecule has 0 aromatic heterocycles. The van der Waals surface area contributed by atoms with E-state index in [4.69, 9.17) is 1.37 Å². The van der Waals surface area contributed by atoms with E-state index in [1.807, 2.05) is 24.3 Å². The largest absolute Gasteiger partial charge is 0.311 e. The average molecular weight is 421 g/mol. The number of hydrogen-bond acceptors (Lipinski definition) is 2. The highest BCUT2D eigenvalue weighted by atomic mass is 15.2. The maximum absolute atomic E-state index is 8.79. The molecule has 0 aliphatic carbocycles. The molecule has 0 radical (unpaired) electrons. The molecule has 5 aromatic carbocycles. The van der Waals surface area contributed by atoms with Crippen LogP contribution in [-0.4, -0.2) is 6.71 Å². The molecule has 2 aliphatic heterocycles. The molecule has 2 heterocycles. The second kappa shape index (κ2) is 7.14. The molecule has 0 saturated heterocycles. The topological polar surface area (TPSA) is 6.48 Å². The van der Waals surface area contributed by atoms with Crippen LogP contribution in [0.1, 0.15) is 1.37 Å². The van der Waals surface area contributed by atoms with E-state index in [0.29, 0.717) is 6.04 Å². The van der Waals surface area contributed by atoms with Crippen molar-refractivity contribution in [2.24, 2.45) is 0 Å². The van der Waals surface area contributed by atoms with Crippen LogP contribution in [-0.2, 0) is 0 Å². The van der Waals surface area contributed by atoms with Crippen molar-refractivity contribution in [2.45, 2.75) is 0 Å². The number of benzene rings is 5. The van der Waals surface area contributed by atoms with Crippen molar-refractivity contribution in [1.29, 1.82) is 0 Å². The van der Waals surface area contributed by atoms with Gasteiger partial charge in [0.15, 0.2) is 0 Å². The summed E-state index contributed by atoms with van der Waals surface area (Å²) >= 11 is 0. The van der Waals surface area contributed by atoms with Gasteiger partial charge < -0.3 is 9.80 Å². The summed E-state index contributed by atoms with van der Waals surface area (Å²) in [7, 11) is 0. The summed E-state index contributed by atoms with van der Waals surface area (Å²) in [5, 5.41) is 0. The quantitative estimate of drug-likeness (QED) is 0.327. The Morgan fingerprint density at radius 3 is 1.36 bits per heavy atom. The molecule has 154 valence electrons. The Bertz CT molecular complexity index is 1420. The van der Waals surface area contributed by atoms with Gasteiger partial charge in [-0.15, -0.1) is 0 Å². The number of para-hydroxylation sites is 4. The van der Waals surface area contributed by atoms with Crippen LogP contribution in [0.25, 0.3) is 0 Å². The van der Waals surface area contributed by atoms with Crippen LogP contribution in [0, 0.1) is 0 Å². The molecule has 7 rings (SSSR count). The zero-order chi connectivity index (χ0) is 22.6. The van der Waals surface area contributed by atoms with E-state index in [1.54, 1.807) is 0 Å². The third-order valence-electron chi connectivity index (χ3n) is 6.77. The third kappa shape index (κ3) is 2.63. The molecular weight excluding hydrogens is 399 g/mol. The second-order valence-corrected chi connectivity index (χ2v) is 8.53. The van der Waals surface area contributed by atoms with Gasteiger partial charge in [-0.1, -0.05) is 78.8 Å². The number of hydrogen-bond donors (Lipinski definition) is 0. The van der Waals surface area contributed by atoms with Crippen molar-refractivity contribution in [3.05, 3.63) is 127 Å². The fourth-order valence-corrected chi connectivity index (χ4v) is 5.47. The SMILES string of the molecule is [2H]c1cc2c3c(c1)N(c1ccccc1)c1ccccc1B3c1ccccc1N2c1ccccc1. The Morgan fingerprint density at radius 2 is 0.879 bits per heavy atom. The monoisotopic (exact) mass is 421 g/mol. The van der Waals surface area contributed by atoms with E-state index < -0.39 is 0 Å². The summed E-state index contributed by atoms with van der Waals surface area (Å²) in [6.07, 6.45) is 0. The summed E-state index contributed by atoms with van der Waals surface area (Å²) in [4.78, 5) is 4.64. The van der Waals surface area contributed by atoms with Crippen LogP contribution in [0.3, 0.4) is 0 Å². The standard InChI is InChI=1S/C30H21BN2/c1-3-12-22(13-4-1)32-26-18-9-7-16-24(26)31-25-17-8-10-19-27(25)33(23-14-5-2-6-15-23)29-21-11-20-28(32)30(29)31/h1-21H/i11D. The van der Waals surface area contributed by atoms with Crippen LogP contribution in [0.5, 0.6) is 0 Å². The van der Waals surface area contributed by atoms with Crippen molar-refractivity contribution in [3.8, 4) is 0 Å². The Hall–Kier alpha value is -4.24. The van der Waals surface area contributed by atoms with Gasteiger partial charge in [0, 0.05) is 34.1 Å². The number of rotatable bonds is 2. The third-order valence-corrected chi connectivity index (χ3v) is 6.77. The van der Waals surface area contributed by atoms with E-state index in [-0.39, 0.29) is 6.71 Å². The molecule has 3 heteroatoms. The molecule has 2 aliphatic rings. The molecule has 5 aromatic rings. The van der Waals surface area contributed by atoms with E-state index in [1.165, 1.54) is 27.8 Å². The Morgan fingerprint density at radius 1 is 0.455 bits per heavy atom. The first-order valence-corrected chi connectivity index (χ1v) is 11.3. The van der Waals surface area contributed by atoms with Gasteiger partial charge in [0.1, 0.15) is 0 Å². The highest BCUT2D eigenvalue weighted by Gasteiger charge is 2.42. The summed E-state index contributed by atoms with van der Waals surface area (Å²) in [5.74, 6) is 0. The average Bonchev–Trinajstić information content (AvgIpc) is 2.89. The number of anilines is 6. The first-order chi connectivity index (χ1) is 16.8. The molecule has 0 unspecified atom stereocenters. The summed E-state index contributed by atoms with van der Waals surface area (Å²) < 4.78 is 8.79.